The Balaban J connectivity index is 1.75. The van der Waals surface area contributed by atoms with Crippen LogP contribution in [0.2, 0.25) is 0 Å². The Morgan fingerprint density at radius 2 is 1.92 bits per heavy atom. The number of carbonyl (C=O) groups excluding carboxylic acids is 2. The third-order valence-corrected chi connectivity index (χ3v) is 4.06. The zero-order valence-electron chi connectivity index (χ0n) is 15.5. The molecule has 0 radical (unpaired) electrons. The maximum atomic E-state index is 12.1. The van der Waals surface area contributed by atoms with Crippen LogP contribution in [-0.2, 0) is 27.3 Å². The van der Waals surface area contributed by atoms with Gasteiger partial charge in [0.25, 0.3) is 5.91 Å². The van der Waals surface area contributed by atoms with Crippen LogP contribution in [0.25, 0.3) is 0 Å². The number of esters is 1. The van der Waals surface area contributed by atoms with Crippen LogP contribution in [0.4, 0.5) is 0 Å². The van der Waals surface area contributed by atoms with Gasteiger partial charge in [-0.05, 0) is 44.9 Å². The lowest BCUT2D eigenvalue weighted by Crippen LogP contribution is -2.35. The summed E-state index contributed by atoms with van der Waals surface area (Å²) in [6.45, 7) is 5.53. The van der Waals surface area contributed by atoms with Crippen molar-refractivity contribution in [3.05, 3.63) is 46.8 Å². The van der Waals surface area contributed by atoms with Crippen LogP contribution in [0.3, 0.4) is 0 Å². The van der Waals surface area contributed by atoms with Gasteiger partial charge in [0.2, 0.25) is 0 Å². The number of carbonyl (C=O) groups is 2. The molecule has 0 unspecified atom stereocenters. The lowest BCUT2D eigenvalue weighted by molar-refractivity contribution is -0.154. The number of benzene rings is 1. The highest BCUT2D eigenvalue weighted by atomic mass is 16.5. The van der Waals surface area contributed by atoms with E-state index in [1.165, 1.54) is 0 Å². The zero-order chi connectivity index (χ0) is 19.1. The van der Waals surface area contributed by atoms with Crippen molar-refractivity contribution in [2.75, 3.05) is 7.11 Å². The minimum absolute atomic E-state index is 0.166. The topological polar surface area (TPSA) is 90.7 Å². The van der Waals surface area contributed by atoms with Crippen molar-refractivity contribution in [2.45, 2.75) is 46.3 Å². The van der Waals surface area contributed by atoms with Crippen LogP contribution in [-0.4, -0.2) is 30.2 Å². The van der Waals surface area contributed by atoms with E-state index in [0.29, 0.717) is 18.7 Å². The van der Waals surface area contributed by atoms with Crippen molar-refractivity contribution >= 4 is 11.9 Å². The quantitative estimate of drug-likeness (QED) is 0.727. The summed E-state index contributed by atoms with van der Waals surface area (Å²) in [7, 11) is 1.60. The van der Waals surface area contributed by atoms with E-state index >= 15 is 0 Å². The number of rotatable bonds is 8. The van der Waals surface area contributed by atoms with Gasteiger partial charge in [-0.1, -0.05) is 17.3 Å². The molecule has 0 aliphatic heterocycles. The number of nitrogens with one attached hydrogen (secondary N) is 1. The summed E-state index contributed by atoms with van der Waals surface area (Å²) < 4.78 is 15.3. The van der Waals surface area contributed by atoms with Crippen molar-refractivity contribution in [3.8, 4) is 5.75 Å². The molecule has 1 aromatic heterocycles. The van der Waals surface area contributed by atoms with Crippen LogP contribution < -0.4 is 10.1 Å². The molecule has 0 aliphatic rings. The van der Waals surface area contributed by atoms with E-state index in [0.717, 1.165) is 22.6 Å². The second-order valence-electron chi connectivity index (χ2n) is 6.00. The maximum Gasteiger partial charge on any atom is 0.306 e. The monoisotopic (exact) mass is 360 g/mol. The van der Waals surface area contributed by atoms with Gasteiger partial charge in [-0.2, -0.15) is 0 Å². The fourth-order valence-corrected chi connectivity index (χ4v) is 2.47. The van der Waals surface area contributed by atoms with Crippen molar-refractivity contribution in [1.82, 2.24) is 10.5 Å². The third-order valence-electron chi connectivity index (χ3n) is 4.06. The molecule has 0 saturated heterocycles. The summed E-state index contributed by atoms with van der Waals surface area (Å²) >= 11 is 0. The van der Waals surface area contributed by atoms with Crippen LogP contribution in [0.1, 0.15) is 35.9 Å². The van der Waals surface area contributed by atoms with Crippen LogP contribution >= 0.6 is 0 Å². The van der Waals surface area contributed by atoms with Gasteiger partial charge >= 0.3 is 5.97 Å². The zero-order valence-corrected chi connectivity index (χ0v) is 15.5. The fraction of sp³-hybridized carbons (Fsp3) is 0.421. The number of aryl methyl sites for hydroxylation is 2. The van der Waals surface area contributed by atoms with Crippen molar-refractivity contribution < 1.29 is 23.6 Å². The number of ether oxygens (including phenoxy) is 2. The molecule has 26 heavy (non-hydrogen) atoms. The number of hydrogen-bond acceptors (Lipinski definition) is 6. The first-order chi connectivity index (χ1) is 12.4. The van der Waals surface area contributed by atoms with E-state index in [4.69, 9.17) is 14.0 Å². The van der Waals surface area contributed by atoms with E-state index in [1.54, 1.807) is 21.0 Å². The Morgan fingerprint density at radius 1 is 1.23 bits per heavy atom. The average Bonchev–Trinajstić information content (AvgIpc) is 2.96. The largest absolute Gasteiger partial charge is 0.497 e. The van der Waals surface area contributed by atoms with Gasteiger partial charge in [0, 0.05) is 18.5 Å². The van der Waals surface area contributed by atoms with Gasteiger partial charge in [0.15, 0.2) is 6.10 Å². The smallest absolute Gasteiger partial charge is 0.306 e. The van der Waals surface area contributed by atoms with Crippen LogP contribution in [0, 0.1) is 13.8 Å². The molecule has 0 aliphatic carbocycles. The molecule has 1 amide bonds. The van der Waals surface area contributed by atoms with Crippen molar-refractivity contribution in [1.29, 1.82) is 0 Å². The SMILES string of the molecule is COc1ccc(CNC(=O)[C@@H](C)OC(=O)CCc2c(C)noc2C)cc1. The van der Waals surface area contributed by atoms with Gasteiger partial charge in [-0.3, -0.25) is 9.59 Å². The molecule has 1 N–H and O–H groups in total. The lowest BCUT2D eigenvalue weighted by atomic mass is 10.1. The van der Waals surface area contributed by atoms with E-state index in [2.05, 4.69) is 10.5 Å². The Bertz CT molecular complexity index is 732. The molecular weight excluding hydrogens is 336 g/mol. The normalized spacial score (nSPS) is 11.7. The van der Waals surface area contributed by atoms with E-state index < -0.39 is 12.1 Å². The molecule has 2 aromatic rings. The Morgan fingerprint density at radius 3 is 2.50 bits per heavy atom. The molecular formula is C19H24N2O5. The highest BCUT2D eigenvalue weighted by Gasteiger charge is 2.18. The van der Waals surface area contributed by atoms with E-state index in [1.807, 2.05) is 31.2 Å². The molecule has 0 fully saturated rings. The van der Waals surface area contributed by atoms with E-state index in [-0.39, 0.29) is 12.3 Å². The number of methoxy groups -OCH3 is 1. The second-order valence-corrected chi connectivity index (χ2v) is 6.00. The van der Waals surface area contributed by atoms with Gasteiger partial charge < -0.3 is 19.3 Å². The molecule has 7 heteroatoms. The van der Waals surface area contributed by atoms with Crippen LogP contribution in [0.5, 0.6) is 5.75 Å². The summed E-state index contributed by atoms with van der Waals surface area (Å²) in [5, 5.41) is 6.60. The van der Waals surface area contributed by atoms with Crippen molar-refractivity contribution in [3.63, 3.8) is 0 Å². The first-order valence-corrected chi connectivity index (χ1v) is 8.42. The number of aromatic nitrogens is 1. The standard InChI is InChI=1S/C19H24N2O5/c1-12-17(13(2)26-21-12)9-10-18(22)25-14(3)19(23)20-11-15-5-7-16(24-4)8-6-15/h5-8,14H,9-11H2,1-4H3,(H,20,23)/t14-/m1/s1. The third kappa shape index (κ3) is 5.34. The minimum atomic E-state index is -0.856. The van der Waals surface area contributed by atoms with Gasteiger partial charge in [0.1, 0.15) is 11.5 Å². The Kier molecular flexibility index (Phi) is 6.77. The predicted octanol–water partition coefficient (Wildman–Crippen LogP) is 2.48. The fourth-order valence-electron chi connectivity index (χ4n) is 2.47. The second kappa shape index (κ2) is 9.03. The van der Waals surface area contributed by atoms with Crippen molar-refractivity contribution in [2.24, 2.45) is 0 Å². The maximum absolute atomic E-state index is 12.1. The molecule has 0 saturated carbocycles. The summed E-state index contributed by atoms with van der Waals surface area (Å²) in [6.07, 6.45) is -0.218. The lowest BCUT2D eigenvalue weighted by Gasteiger charge is -2.13. The molecule has 0 spiro atoms. The van der Waals surface area contributed by atoms with Gasteiger partial charge in [0.05, 0.1) is 12.8 Å². The first kappa shape index (κ1) is 19.5. The van der Waals surface area contributed by atoms with Gasteiger partial charge in [-0.25, -0.2) is 0 Å². The molecule has 0 bridgehead atoms. The van der Waals surface area contributed by atoms with Crippen LogP contribution in [0.15, 0.2) is 28.8 Å². The first-order valence-electron chi connectivity index (χ1n) is 8.42. The molecule has 2 rings (SSSR count). The summed E-state index contributed by atoms with van der Waals surface area (Å²) in [5.41, 5.74) is 2.59. The number of nitrogens with zero attached hydrogens (tertiary/aromatic N) is 1. The minimum Gasteiger partial charge on any atom is -0.497 e. The Labute approximate surface area is 152 Å². The molecule has 1 aromatic carbocycles. The average molecular weight is 360 g/mol. The summed E-state index contributed by atoms with van der Waals surface area (Å²) in [6, 6.07) is 7.36. The Hall–Kier alpha value is -2.83. The highest BCUT2D eigenvalue weighted by Crippen LogP contribution is 2.15. The number of hydrogen-bond donors (Lipinski definition) is 1. The molecule has 1 heterocycles. The predicted molar refractivity (Wildman–Crippen MR) is 94.7 cm³/mol. The molecule has 1 atom stereocenters. The van der Waals surface area contributed by atoms with Gasteiger partial charge in [-0.15, -0.1) is 0 Å². The number of amides is 1. The molecule has 140 valence electrons. The van der Waals surface area contributed by atoms with E-state index in [9.17, 15) is 9.59 Å². The highest BCUT2D eigenvalue weighted by molar-refractivity contribution is 5.83. The summed E-state index contributed by atoms with van der Waals surface area (Å²) in [5.74, 6) is 0.671. The summed E-state index contributed by atoms with van der Waals surface area (Å²) in [4.78, 5) is 24.0. The molecule has 7 nitrogen and oxygen atoms in total.